The zero-order chi connectivity index (χ0) is 15.6. The smallest absolute Gasteiger partial charge is 0.330 e. The van der Waals surface area contributed by atoms with Crippen molar-refractivity contribution in [2.45, 2.75) is 24.2 Å². The highest BCUT2D eigenvalue weighted by Gasteiger charge is 2.55. The summed E-state index contributed by atoms with van der Waals surface area (Å²) in [5.74, 6) is -1.83. The van der Waals surface area contributed by atoms with E-state index >= 15 is 0 Å². The number of azide groups is 1. The van der Waals surface area contributed by atoms with Crippen LogP contribution >= 0.6 is 0 Å². The molecule has 1 saturated heterocycles. The van der Waals surface area contributed by atoms with Crippen LogP contribution in [-0.4, -0.2) is 51.4 Å². The second-order valence-corrected chi connectivity index (χ2v) is 4.34. The van der Waals surface area contributed by atoms with E-state index in [4.69, 9.17) is 15.0 Å². The Morgan fingerprint density at radius 1 is 1.67 bits per heavy atom. The maximum absolute atomic E-state index is 11.8. The predicted molar refractivity (Wildman–Crippen MR) is 67.2 cm³/mol. The van der Waals surface area contributed by atoms with Crippen molar-refractivity contribution in [3.8, 4) is 0 Å². The maximum atomic E-state index is 11.8. The van der Waals surface area contributed by atoms with Gasteiger partial charge in [0.2, 0.25) is 5.79 Å². The lowest BCUT2D eigenvalue weighted by molar-refractivity contribution is -0.269. The second-order valence-electron chi connectivity index (χ2n) is 4.34. The number of aromatic amines is 1. The highest BCUT2D eigenvalue weighted by molar-refractivity contribution is 5.00. The van der Waals surface area contributed by atoms with Crippen molar-refractivity contribution in [3.05, 3.63) is 43.5 Å². The summed E-state index contributed by atoms with van der Waals surface area (Å²) in [6.07, 6.45) is -1.62. The van der Waals surface area contributed by atoms with E-state index < -0.39 is 42.0 Å². The SMILES string of the molecule is CO[C@]1(CO)O[C@@H](n2ccc(=O)[nH]c2=O)[C@H](N=[N+]=[N-])[C@@H]1O. The normalized spacial score (nSPS) is 31.9. The number of methoxy groups -OCH3 is 1. The number of hydrogen-bond acceptors (Lipinski definition) is 7. The van der Waals surface area contributed by atoms with Crippen LogP contribution in [0.25, 0.3) is 10.4 Å². The first-order chi connectivity index (χ1) is 9.99. The van der Waals surface area contributed by atoms with Crippen molar-refractivity contribution in [2.75, 3.05) is 13.7 Å². The van der Waals surface area contributed by atoms with Gasteiger partial charge in [0.25, 0.3) is 5.56 Å². The van der Waals surface area contributed by atoms with Crippen molar-refractivity contribution >= 4 is 0 Å². The molecule has 3 N–H and O–H groups in total. The number of aliphatic hydroxyl groups is 2. The summed E-state index contributed by atoms with van der Waals surface area (Å²) in [7, 11) is 1.19. The number of aliphatic hydroxyl groups excluding tert-OH is 2. The molecule has 11 heteroatoms. The molecule has 114 valence electrons. The van der Waals surface area contributed by atoms with Crippen LogP contribution in [0.5, 0.6) is 0 Å². The van der Waals surface area contributed by atoms with Crippen LogP contribution in [0.15, 0.2) is 27.0 Å². The molecule has 21 heavy (non-hydrogen) atoms. The topological polar surface area (TPSA) is 163 Å². The van der Waals surface area contributed by atoms with Gasteiger partial charge in [-0.05, 0) is 5.53 Å². The Balaban J connectivity index is 2.53. The Kier molecular flexibility index (Phi) is 4.11. The zero-order valence-electron chi connectivity index (χ0n) is 10.9. The van der Waals surface area contributed by atoms with Gasteiger partial charge in [-0.15, -0.1) is 0 Å². The Morgan fingerprint density at radius 2 is 2.38 bits per heavy atom. The minimum atomic E-state index is -1.83. The molecule has 1 aromatic heterocycles. The van der Waals surface area contributed by atoms with Crippen molar-refractivity contribution < 1.29 is 19.7 Å². The highest BCUT2D eigenvalue weighted by Crippen LogP contribution is 2.38. The summed E-state index contributed by atoms with van der Waals surface area (Å²) in [6, 6.07) is -0.165. The van der Waals surface area contributed by atoms with Gasteiger partial charge in [0, 0.05) is 24.3 Å². The van der Waals surface area contributed by atoms with Gasteiger partial charge >= 0.3 is 5.69 Å². The number of H-pyrrole nitrogens is 1. The van der Waals surface area contributed by atoms with Gasteiger partial charge in [0.1, 0.15) is 12.1 Å². The van der Waals surface area contributed by atoms with E-state index in [1.807, 2.05) is 4.98 Å². The third-order valence-corrected chi connectivity index (χ3v) is 3.26. The molecule has 2 heterocycles. The molecule has 1 aliphatic heterocycles. The van der Waals surface area contributed by atoms with Crippen LogP contribution in [0.1, 0.15) is 6.23 Å². The van der Waals surface area contributed by atoms with Crippen LogP contribution in [0.4, 0.5) is 0 Å². The van der Waals surface area contributed by atoms with Crippen LogP contribution in [0.3, 0.4) is 0 Å². The average molecular weight is 299 g/mol. The summed E-state index contributed by atoms with van der Waals surface area (Å²) in [4.78, 5) is 27.4. The number of nitrogens with one attached hydrogen (secondary N) is 1. The third kappa shape index (κ3) is 2.44. The summed E-state index contributed by atoms with van der Waals surface area (Å²) < 4.78 is 11.3. The molecule has 1 aliphatic rings. The second kappa shape index (κ2) is 5.68. The fourth-order valence-corrected chi connectivity index (χ4v) is 2.15. The van der Waals surface area contributed by atoms with Gasteiger partial charge in [-0.1, -0.05) is 5.11 Å². The fourth-order valence-electron chi connectivity index (χ4n) is 2.15. The van der Waals surface area contributed by atoms with Gasteiger partial charge in [-0.2, -0.15) is 0 Å². The Labute approximate surface area is 117 Å². The van der Waals surface area contributed by atoms with Crippen LogP contribution in [-0.2, 0) is 9.47 Å². The molecule has 0 bridgehead atoms. The monoisotopic (exact) mass is 299 g/mol. The lowest BCUT2D eigenvalue weighted by atomic mass is 10.1. The summed E-state index contributed by atoms with van der Waals surface area (Å²) in [6.45, 7) is -0.725. The molecular weight excluding hydrogens is 286 g/mol. The summed E-state index contributed by atoms with van der Waals surface area (Å²) in [5.41, 5.74) is 7.15. The molecule has 0 aliphatic carbocycles. The minimum Gasteiger partial charge on any atom is -0.391 e. The van der Waals surface area contributed by atoms with Gasteiger partial charge in [-0.25, -0.2) is 4.79 Å². The Hall–Kier alpha value is -2.17. The predicted octanol–water partition coefficient (Wildman–Crippen LogP) is -1.56. The number of ether oxygens (including phenoxy) is 2. The molecule has 0 unspecified atom stereocenters. The van der Waals surface area contributed by atoms with E-state index in [2.05, 4.69) is 10.0 Å². The zero-order valence-corrected chi connectivity index (χ0v) is 10.9. The van der Waals surface area contributed by atoms with Gasteiger partial charge < -0.3 is 19.7 Å². The lowest BCUT2D eigenvalue weighted by Crippen LogP contribution is -2.47. The van der Waals surface area contributed by atoms with E-state index in [1.165, 1.54) is 7.11 Å². The molecule has 2 rings (SSSR count). The molecule has 1 aromatic rings. The molecule has 0 radical (unpaired) electrons. The number of hydrogen-bond donors (Lipinski definition) is 3. The van der Waals surface area contributed by atoms with E-state index in [9.17, 15) is 19.8 Å². The van der Waals surface area contributed by atoms with E-state index in [1.54, 1.807) is 0 Å². The molecule has 11 nitrogen and oxygen atoms in total. The van der Waals surface area contributed by atoms with E-state index in [0.29, 0.717) is 0 Å². The molecule has 0 saturated carbocycles. The first-order valence-corrected chi connectivity index (χ1v) is 5.86. The van der Waals surface area contributed by atoms with Gasteiger partial charge in [-0.3, -0.25) is 14.3 Å². The summed E-state index contributed by atoms with van der Waals surface area (Å²) in [5, 5.41) is 22.9. The number of nitrogens with zero attached hydrogens (tertiary/aromatic N) is 4. The molecule has 0 spiro atoms. The number of aromatic nitrogens is 2. The quantitative estimate of drug-likeness (QED) is 0.346. The van der Waals surface area contributed by atoms with Crippen molar-refractivity contribution in [1.29, 1.82) is 0 Å². The molecule has 0 aromatic carbocycles. The minimum absolute atomic E-state index is 0.615. The molecular formula is C10H13N5O6. The summed E-state index contributed by atoms with van der Waals surface area (Å²) >= 11 is 0. The Bertz CT molecular complexity index is 673. The number of rotatable bonds is 4. The molecule has 1 fully saturated rings. The van der Waals surface area contributed by atoms with Crippen molar-refractivity contribution in [1.82, 2.24) is 9.55 Å². The van der Waals surface area contributed by atoms with E-state index in [0.717, 1.165) is 16.8 Å². The lowest BCUT2D eigenvalue weighted by Gasteiger charge is -2.28. The maximum Gasteiger partial charge on any atom is 0.330 e. The highest BCUT2D eigenvalue weighted by atomic mass is 16.7. The standard InChI is InChI=1S/C10H13N5O6/c1-20-10(4-16)7(18)6(13-14-11)8(21-10)15-3-2-5(17)12-9(15)19/h2-3,6-8,16,18H,4H2,1H3,(H,12,17,19)/t6-,7+,8-,10-/m1/s1. The molecule has 0 amide bonds. The average Bonchev–Trinajstić information content (AvgIpc) is 2.74. The van der Waals surface area contributed by atoms with Crippen molar-refractivity contribution in [3.63, 3.8) is 0 Å². The first-order valence-electron chi connectivity index (χ1n) is 5.86. The van der Waals surface area contributed by atoms with Gasteiger partial charge in [0.15, 0.2) is 6.23 Å². The third-order valence-electron chi connectivity index (χ3n) is 3.26. The van der Waals surface area contributed by atoms with Crippen LogP contribution < -0.4 is 11.2 Å². The molecule has 4 atom stereocenters. The van der Waals surface area contributed by atoms with Crippen molar-refractivity contribution in [2.24, 2.45) is 5.11 Å². The van der Waals surface area contributed by atoms with Gasteiger partial charge in [0.05, 0.1) is 6.61 Å². The largest absolute Gasteiger partial charge is 0.391 e. The first kappa shape index (κ1) is 15.2. The van der Waals surface area contributed by atoms with Crippen LogP contribution in [0, 0.1) is 0 Å². The van der Waals surface area contributed by atoms with Crippen LogP contribution in [0.2, 0.25) is 0 Å². The van der Waals surface area contributed by atoms with E-state index in [-0.39, 0.29) is 0 Å². The fraction of sp³-hybridized carbons (Fsp3) is 0.600. The Morgan fingerprint density at radius 3 is 2.90 bits per heavy atom.